The SMILES string of the molecule is CCNC(=NCCN1CCOCC1)NCCc1c(C)nn(C)c1C. The van der Waals surface area contributed by atoms with Crippen LogP contribution in [0.5, 0.6) is 0 Å². The molecule has 1 fully saturated rings. The van der Waals surface area contributed by atoms with Crippen LogP contribution >= 0.6 is 0 Å². The van der Waals surface area contributed by atoms with Crippen molar-refractivity contribution in [1.29, 1.82) is 0 Å². The Morgan fingerprint density at radius 2 is 2.00 bits per heavy atom. The zero-order chi connectivity index (χ0) is 17.4. The van der Waals surface area contributed by atoms with Crippen LogP contribution in [0.3, 0.4) is 0 Å². The molecule has 0 bridgehead atoms. The lowest BCUT2D eigenvalue weighted by atomic mass is 10.1. The first kappa shape index (κ1) is 18.7. The number of aromatic nitrogens is 2. The van der Waals surface area contributed by atoms with E-state index in [4.69, 9.17) is 4.74 Å². The summed E-state index contributed by atoms with van der Waals surface area (Å²) in [4.78, 5) is 7.08. The summed E-state index contributed by atoms with van der Waals surface area (Å²) >= 11 is 0. The Morgan fingerprint density at radius 3 is 2.62 bits per heavy atom. The molecule has 0 unspecified atom stereocenters. The molecule has 7 nitrogen and oxygen atoms in total. The van der Waals surface area contributed by atoms with Crippen LogP contribution in [0.4, 0.5) is 0 Å². The number of morpholine rings is 1. The molecule has 1 aliphatic heterocycles. The Kier molecular flexibility index (Phi) is 7.52. The van der Waals surface area contributed by atoms with Gasteiger partial charge in [-0.1, -0.05) is 0 Å². The molecular weight excluding hydrogens is 304 g/mol. The highest BCUT2D eigenvalue weighted by Crippen LogP contribution is 2.11. The van der Waals surface area contributed by atoms with Crippen molar-refractivity contribution in [2.75, 3.05) is 52.5 Å². The first-order valence-electron chi connectivity index (χ1n) is 8.93. The normalized spacial score (nSPS) is 16.4. The third-order valence-corrected chi connectivity index (χ3v) is 4.46. The van der Waals surface area contributed by atoms with Gasteiger partial charge in [-0.05, 0) is 32.8 Å². The van der Waals surface area contributed by atoms with Crippen molar-refractivity contribution in [3.63, 3.8) is 0 Å². The minimum absolute atomic E-state index is 0.806. The van der Waals surface area contributed by atoms with Crippen molar-refractivity contribution in [2.24, 2.45) is 12.0 Å². The van der Waals surface area contributed by atoms with E-state index in [0.717, 1.165) is 70.6 Å². The first-order chi connectivity index (χ1) is 11.6. The Morgan fingerprint density at radius 1 is 1.25 bits per heavy atom. The monoisotopic (exact) mass is 336 g/mol. The standard InChI is InChI=1S/C17H32N6O/c1-5-18-17(20-8-9-23-10-12-24-13-11-23)19-7-6-16-14(2)21-22(4)15(16)3/h5-13H2,1-4H3,(H2,18,19,20). The molecule has 0 saturated carbocycles. The van der Waals surface area contributed by atoms with Gasteiger partial charge < -0.3 is 15.4 Å². The summed E-state index contributed by atoms with van der Waals surface area (Å²) in [5, 5.41) is 11.2. The van der Waals surface area contributed by atoms with Crippen molar-refractivity contribution in [2.45, 2.75) is 27.2 Å². The molecule has 136 valence electrons. The average molecular weight is 336 g/mol. The van der Waals surface area contributed by atoms with E-state index in [2.05, 4.69) is 46.4 Å². The topological polar surface area (TPSA) is 66.7 Å². The summed E-state index contributed by atoms with van der Waals surface area (Å²) < 4.78 is 7.32. The van der Waals surface area contributed by atoms with Crippen LogP contribution in [0.2, 0.25) is 0 Å². The molecule has 7 heteroatoms. The van der Waals surface area contributed by atoms with Crippen LogP contribution in [0.25, 0.3) is 0 Å². The van der Waals surface area contributed by atoms with Gasteiger partial charge in [0.05, 0.1) is 25.5 Å². The maximum Gasteiger partial charge on any atom is 0.191 e. The summed E-state index contributed by atoms with van der Waals surface area (Å²) in [6.45, 7) is 13.5. The number of hydrogen-bond acceptors (Lipinski definition) is 4. The molecule has 24 heavy (non-hydrogen) atoms. The number of guanidine groups is 1. The fourth-order valence-electron chi connectivity index (χ4n) is 2.95. The number of aryl methyl sites for hydroxylation is 2. The second-order valence-corrected chi connectivity index (χ2v) is 6.16. The van der Waals surface area contributed by atoms with E-state index in [1.807, 2.05) is 11.7 Å². The Labute approximate surface area is 145 Å². The zero-order valence-corrected chi connectivity index (χ0v) is 15.6. The number of aliphatic imine (C=N–C) groups is 1. The molecule has 0 aromatic carbocycles. The maximum absolute atomic E-state index is 5.37. The highest BCUT2D eigenvalue weighted by Gasteiger charge is 2.10. The molecule has 0 radical (unpaired) electrons. The maximum atomic E-state index is 5.37. The number of rotatable bonds is 7. The zero-order valence-electron chi connectivity index (χ0n) is 15.6. The van der Waals surface area contributed by atoms with Crippen LogP contribution in [0, 0.1) is 13.8 Å². The molecule has 1 saturated heterocycles. The van der Waals surface area contributed by atoms with E-state index >= 15 is 0 Å². The van der Waals surface area contributed by atoms with Gasteiger partial charge in [-0.25, -0.2) is 0 Å². The molecule has 1 aromatic heterocycles. The molecular formula is C17H32N6O. The largest absolute Gasteiger partial charge is 0.379 e. The van der Waals surface area contributed by atoms with Crippen molar-refractivity contribution in [3.05, 3.63) is 17.0 Å². The lowest BCUT2D eigenvalue weighted by Crippen LogP contribution is -2.40. The second-order valence-electron chi connectivity index (χ2n) is 6.16. The van der Waals surface area contributed by atoms with Crippen LogP contribution in [0.1, 0.15) is 23.9 Å². The highest BCUT2D eigenvalue weighted by atomic mass is 16.5. The Balaban J connectivity index is 1.78. The summed E-state index contributed by atoms with van der Waals surface area (Å²) in [6, 6.07) is 0. The van der Waals surface area contributed by atoms with E-state index in [1.165, 1.54) is 11.3 Å². The third kappa shape index (κ3) is 5.49. The van der Waals surface area contributed by atoms with Crippen molar-refractivity contribution in [3.8, 4) is 0 Å². The molecule has 0 spiro atoms. The molecule has 0 atom stereocenters. The molecule has 0 aliphatic carbocycles. The van der Waals surface area contributed by atoms with E-state index in [9.17, 15) is 0 Å². The molecule has 1 aromatic rings. The quantitative estimate of drug-likeness (QED) is 0.560. The van der Waals surface area contributed by atoms with Crippen molar-refractivity contribution < 1.29 is 4.74 Å². The van der Waals surface area contributed by atoms with Gasteiger partial charge in [0, 0.05) is 45.5 Å². The predicted molar refractivity (Wildman–Crippen MR) is 97.6 cm³/mol. The number of hydrogen-bond donors (Lipinski definition) is 2. The summed E-state index contributed by atoms with van der Waals surface area (Å²) in [5.41, 5.74) is 3.68. The van der Waals surface area contributed by atoms with Gasteiger partial charge >= 0.3 is 0 Å². The third-order valence-electron chi connectivity index (χ3n) is 4.46. The molecule has 2 rings (SSSR count). The van der Waals surface area contributed by atoms with Gasteiger partial charge in [0.2, 0.25) is 0 Å². The fraction of sp³-hybridized carbons (Fsp3) is 0.765. The smallest absolute Gasteiger partial charge is 0.191 e. The number of nitrogens with zero attached hydrogens (tertiary/aromatic N) is 4. The van der Waals surface area contributed by atoms with E-state index in [-0.39, 0.29) is 0 Å². The van der Waals surface area contributed by atoms with E-state index < -0.39 is 0 Å². The van der Waals surface area contributed by atoms with E-state index in [0.29, 0.717) is 0 Å². The molecule has 0 amide bonds. The van der Waals surface area contributed by atoms with Crippen LogP contribution in [0.15, 0.2) is 4.99 Å². The summed E-state index contributed by atoms with van der Waals surface area (Å²) in [6.07, 6.45) is 0.958. The van der Waals surface area contributed by atoms with Gasteiger partial charge in [0.15, 0.2) is 5.96 Å². The van der Waals surface area contributed by atoms with Crippen molar-refractivity contribution >= 4 is 5.96 Å². The number of ether oxygens (including phenoxy) is 1. The lowest BCUT2D eigenvalue weighted by molar-refractivity contribution is 0.0394. The fourth-order valence-corrected chi connectivity index (χ4v) is 2.95. The Bertz CT molecular complexity index is 533. The molecule has 2 heterocycles. The minimum Gasteiger partial charge on any atom is -0.379 e. The van der Waals surface area contributed by atoms with Gasteiger partial charge in [-0.3, -0.25) is 14.6 Å². The molecule has 2 N–H and O–H groups in total. The average Bonchev–Trinajstić information content (AvgIpc) is 2.82. The van der Waals surface area contributed by atoms with Crippen LogP contribution in [-0.4, -0.2) is 73.1 Å². The minimum atomic E-state index is 0.806. The summed E-state index contributed by atoms with van der Waals surface area (Å²) in [5.74, 6) is 0.893. The predicted octanol–water partition coefficient (Wildman–Crippen LogP) is 0.467. The lowest BCUT2D eigenvalue weighted by Gasteiger charge is -2.25. The highest BCUT2D eigenvalue weighted by molar-refractivity contribution is 5.79. The van der Waals surface area contributed by atoms with Crippen LogP contribution < -0.4 is 10.6 Å². The van der Waals surface area contributed by atoms with Crippen molar-refractivity contribution in [1.82, 2.24) is 25.3 Å². The molecule has 1 aliphatic rings. The second kappa shape index (κ2) is 9.64. The first-order valence-corrected chi connectivity index (χ1v) is 8.93. The van der Waals surface area contributed by atoms with Gasteiger partial charge in [0.25, 0.3) is 0 Å². The van der Waals surface area contributed by atoms with Crippen LogP contribution in [-0.2, 0) is 18.2 Å². The van der Waals surface area contributed by atoms with Gasteiger partial charge in [0.1, 0.15) is 0 Å². The van der Waals surface area contributed by atoms with E-state index in [1.54, 1.807) is 0 Å². The number of nitrogens with one attached hydrogen (secondary N) is 2. The summed E-state index contributed by atoms with van der Waals surface area (Å²) in [7, 11) is 2.00. The Hall–Kier alpha value is -1.60. The van der Waals surface area contributed by atoms with Gasteiger partial charge in [-0.15, -0.1) is 0 Å². The van der Waals surface area contributed by atoms with Gasteiger partial charge in [-0.2, -0.15) is 5.10 Å².